The fourth-order valence-electron chi connectivity index (χ4n) is 2.77. The topological polar surface area (TPSA) is 52.1 Å². The summed E-state index contributed by atoms with van der Waals surface area (Å²) in [5.74, 6) is 2.31. The Morgan fingerprint density at radius 2 is 1.57 bits per heavy atom. The molecule has 7 heteroatoms. The van der Waals surface area contributed by atoms with Crippen LogP contribution in [0.2, 0.25) is 0 Å². The Morgan fingerprint density at radius 1 is 0.867 bits per heavy atom. The molecule has 0 spiro atoms. The quantitative estimate of drug-likeness (QED) is 0.190. The largest absolute Gasteiger partial charge is 0.493 e. The highest BCUT2D eigenvalue weighted by atomic mass is 127. The molecule has 0 saturated heterocycles. The molecule has 0 heterocycles. The van der Waals surface area contributed by atoms with Gasteiger partial charge in [0, 0.05) is 0 Å². The van der Waals surface area contributed by atoms with Gasteiger partial charge in [0.25, 0.3) is 0 Å². The first-order valence-corrected chi connectivity index (χ1v) is 11.4. The maximum atomic E-state index is 6.04. The van der Waals surface area contributed by atoms with Gasteiger partial charge in [-0.15, -0.1) is 0 Å². The van der Waals surface area contributed by atoms with Crippen LogP contribution in [0.4, 0.5) is 0 Å². The third kappa shape index (κ3) is 6.24. The molecule has 1 N–H and O–H groups in total. The highest BCUT2D eigenvalue weighted by Crippen LogP contribution is 2.29. The highest BCUT2D eigenvalue weighted by Gasteiger charge is 2.09. The summed E-state index contributed by atoms with van der Waals surface area (Å²) in [4.78, 5) is 0. The molecule has 0 fully saturated rings. The van der Waals surface area contributed by atoms with Gasteiger partial charge in [0.1, 0.15) is 12.4 Å². The number of ether oxygens (including phenoxy) is 3. The van der Waals surface area contributed by atoms with E-state index < -0.39 is 0 Å². The first-order chi connectivity index (χ1) is 14.6. The van der Waals surface area contributed by atoms with Crippen molar-refractivity contribution in [3.8, 4) is 17.2 Å². The van der Waals surface area contributed by atoms with Crippen molar-refractivity contribution in [2.24, 2.45) is 5.10 Å². The summed E-state index contributed by atoms with van der Waals surface area (Å²) in [6.07, 6.45) is 1.81. The summed E-state index contributed by atoms with van der Waals surface area (Å²) in [6, 6.07) is 20.1. The molecule has 5 nitrogen and oxygen atoms in total. The molecule has 0 aromatic heterocycles. The van der Waals surface area contributed by atoms with Gasteiger partial charge < -0.3 is 19.6 Å². The lowest BCUT2D eigenvalue weighted by molar-refractivity contribution is 0.302. The van der Waals surface area contributed by atoms with Crippen LogP contribution >= 0.6 is 45.2 Å². The van der Waals surface area contributed by atoms with Gasteiger partial charge in [-0.1, -0.05) is 36.4 Å². The Balaban J connectivity index is 1.59. The van der Waals surface area contributed by atoms with Crippen molar-refractivity contribution in [2.45, 2.75) is 13.2 Å². The van der Waals surface area contributed by atoms with Crippen molar-refractivity contribution >= 4 is 51.4 Å². The smallest absolute Gasteiger partial charge is 0.161 e. The van der Waals surface area contributed by atoms with Crippen LogP contribution in [-0.4, -0.2) is 20.4 Å². The molecule has 156 valence electrons. The monoisotopic (exact) mass is 628 g/mol. The Bertz CT molecular complexity index is 988. The summed E-state index contributed by atoms with van der Waals surface area (Å²) >= 11 is 4.60. The molecule has 0 unspecified atom stereocenters. The van der Waals surface area contributed by atoms with E-state index in [1.54, 1.807) is 14.2 Å². The van der Waals surface area contributed by atoms with Gasteiger partial charge in [0.15, 0.2) is 11.5 Å². The van der Waals surface area contributed by atoms with E-state index in [1.165, 1.54) is 0 Å². The lowest BCUT2D eigenvalue weighted by Crippen LogP contribution is -2.06. The van der Waals surface area contributed by atoms with Crippen LogP contribution in [0.3, 0.4) is 0 Å². The number of nitrogens with zero attached hydrogens (tertiary/aromatic N) is 1. The first-order valence-electron chi connectivity index (χ1n) is 9.23. The van der Waals surface area contributed by atoms with Gasteiger partial charge in [0.2, 0.25) is 0 Å². The molecular weight excluding hydrogens is 606 g/mol. The lowest BCUT2D eigenvalue weighted by Gasteiger charge is -2.11. The summed E-state index contributed by atoms with van der Waals surface area (Å²) in [5.41, 5.74) is 6.29. The van der Waals surface area contributed by atoms with Gasteiger partial charge in [0.05, 0.1) is 34.1 Å². The summed E-state index contributed by atoms with van der Waals surface area (Å²) in [6.45, 7) is 1.14. The second kappa shape index (κ2) is 11.4. The number of benzene rings is 3. The Morgan fingerprint density at radius 3 is 2.23 bits per heavy atom. The zero-order chi connectivity index (χ0) is 21.3. The molecule has 0 aliphatic heterocycles. The minimum atomic E-state index is 0.549. The zero-order valence-corrected chi connectivity index (χ0v) is 21.0. The molecule has 0 atom stereocenters. The van der Waals surface area contributed by atoms with Gasteiger partial charge in [-0.3, -0.25) is 0 Å². The van der Waals surface area contributed by atoms with Crippen molar-refractivity contribution in [2.75, 3.05) is 14.2 Å². The van der Waals surface area contributed by atoms with Crippen molar-refractivity contribution in [1.82, 2.24) is 5.43 Å². The third-order valence-electron chi connectivity index (χ3n) is 4.28. The first kappa shape index (κ1) is 22.7. The molecule has 0 bridgehead atoms. The van der Waals surface area contributed by atoms with Crippen LogP contribution in [0.15, 0.2) is 65.8 Å². The molecule has 3 rings (SSSR count). The maximum absolute atomic E-state index is 6.04. The van der Waals surface area contributed by atoms with Crippen LogP contribution in [0.5, 0.6) is 17.2 Å². The number of hydrogen-bond donors (Lipinski definition) is 1. The molecule has 30 heavy (non-hydrogen) atoms. The van der Waals surface area contributed by atoms with Crippen LogP contribution in [-0.2, 0) is 13.2 Å². The predicted molar refractivity (Wildman–Crippen MR) is 137 cm³/mol. The number of halogens is 2. The van der Waals surface area contributed by atoms with Crippen molar-refractivity contribution in [1.29, 1.82) is 0 Å². The van der Waals surface area contributed by atoms with E-state index in [9.17, 15) is 0 Å². The molecular formula is C23H22I2N2O3. The number of rotatable bonds is 9. The van der Waals surface area contributed by atoms with E-state index in [0.717, 1.165) is 29.6 Å². The van der Waals surface area contributed by atoms with Gasteiger partial charge >= 0.3 is 0 Å². The number of nitrogens with one attached hydrogen (secondary N) is 1. The minimum absolute atomic E-state index is 0.549. The van der Waals surface area contributed by atoms with Gasteiger partial charge in [-0.2, -0.15) is 5.10 Å². The number of methoxy groups -OCH3 is 2. The van der Waals surface area contributed by atoms with Crippen LogP contribution in [0.1, 0.15) is 16.7 Å². The third-order valence-corrected chi connectivity index (χ3v) is 5.89. The summed E-state index contributed by atoms with van der Waals surface area (Å²) < 4.78 is 18.7. The summed E-state index contributed by atoms with van der Waals surface area (Å²) in [5, 5.41) is 4.35. The SMILES string of the molecule is COc1ccc(CN/N=C/c2cc(I)c(OCc3ccccc3)c(I)c2)cc1OC. The average Bonchev–Trinajstić information content (AvgIpc) is 2.76. The predicted octanol–water partition coefficient (Wildman–Crippen LogP) is 5.62. The Kier molecular flexibility index (Phi) is 8.61. The summed E-state index contributed by atoms with van der Waals surface area (Å²) in [7, 11) is 3.25. The van der Waals surface area contributed by atoms with Crippen LogP contribution < -0.4 is 19.6 Å². The number of hydrogen-bond acceptors (Lipinski definition) is 5. The molecule has 0 aliphatic rings. The molecule has 3 aromatic carbocycles. The Labute approximate surface area is 204 Å². The molecule has 3 aromatic rings. The van der Waals surface area contributed by atoms with Crippen molar-refractivity contribution in [3.63, 3.8) is 0 Å². The second-order valence-corrected chi connectivity index (χ2v) is 8.69. The van der Waals surface area contributed by atoms with Crippen LogP contribution in [0, 0.1) is 7.14 Å². The van der Waals surface area contributed by atoms with E-state index in [0.29, 0.717) is 24.7 Å². The van der Waals surface area contributed by atoms with Crippen LogP contribution in [0.25, 0.3) is 0 Å². The van der Waals surface area contributed by atoms with E-state index in [-0.39, 0.29) is 0 Å². The van der Waals surface area contributed by atoms with Gasteiger partial charge in [-0.25, -0.2) is 0 Å². The minimum Gasteiger partial charge on any atom is -0.493 e. The lowest BCUT2D eigenvalue weighted by atomic mass is 10.2. The highest BCUT2D eigenvalue weighted by molar-refractivity contribution is 14.1. The standard InChI is InChI=1S/C23H22I2N2O3/c1-28-21-9-8-17(12-22(21)29-2)13-26-27-14-18-10-19(24)23(20(25)11-18)30-15-16-6-4-3-5-7-16/h3-12,14,26H,13,15H2,1-2H3/b27-14+. The molecule has 0 saturated carbocycles. The average molecular weight is 628 g/mol. The molecule has 0 aliphatic carbocycles. The van der Waals surface area contributed by atoms with Crippen molar-refractivity contribution < 1.29 is 14.2 Å². The Hall–Kier alpha value is -2.01. The molecule has 0 radical (unpaired) electrons. The number of hydrazone groups is 1. The maximum Gasteiger partial charge on any atom is 0.161 e. The van der Waals surface area contributed by atoms with E-state index in [2.05, 4.69) is 80.0 Å². The van der Waals surface area contributed by atoms with E-state index >= 15 is 0 Å². The fraction of sp³-hybridized carbons (Fsp3) is 0.174. The normalized spacial score (nSPS) is 10.8. The van der Waals surface area contributed by atoms with E-state index in [4.69, 9.17) is 14.2 Å². The van der Waals surface area contributed by atoms with E-state index in [1.807, 2.05) is 42.6 Å². The molecule has 0 amide bonds. The zero-order valence-electron chi connectivity index (χ0n) is 16.7. The fourth-order valence-corrected chi connectivity index (χ4v) is 4.90. The van der Waals surface area contributed by atoms with Crippen molar-refractivity contribution in [3.05, 3.63) is 84.5 Å². The van der Waals surface area contributed by atoms with Gasteiger partial charge in [-0.05, 0) is 86.1 Å². The second-order valence-electron chi connectivity index (χ2n) is 6.37.